The Morgan fingerprint density at radius 1 is 1.13 bits per heavy atom. The molecule has 2 N–H and O–H groups in total. The summed E-state index contributed by atoms with van der Waals surface area (Å²) >= 11 is 1.28. The van der Waals surface area contributed by atoms with E-state index >= 15 is 0 Å². The number of rotatable bonds is 8. The minimum atomic E-state index is -3.39. The molecular weight excluding hydrogens is 418 g/mol. The Balaban J connectivity index is 1.59. The van der Waals surface area contributed by atoms with E-state index in [4.69, 9.17) is 0 Å². The first-order valence-electron chi connectivity index (χ1n) is 10.2. The minimum absolute atomic E-state index is 0.297. The summed E-state index contributed by atoms with van der Waals surface area (Å²) in [4.78, 5) is 7.80. The number of likely N-dealkylation sites (tertiary alicyclic amines) is 1. The van der Waals surface area contributed by atoms with E-state index < -0.39 is 10.0 Å². The lowest BCUT2D eigenvalue weighted by atomic mass is 10.1. The highest BCUT2D eigenvalue weighted by Crippen LogP contribution is 2.25. The SMILES string of the molecule is CN=C(NCc1ccc(S(=O)(=O)N(C)C)s1)NCC(c1ccccc1)N1CCCC1. The van der Waals surface area contributed by atoms with E-state index in [2.05, 4.69) is 44.8 Å². The quantitative estimate of drug-likeness (QED) is 0.478. The van der Waals surface area contributed by atoms with Crippen LogP contribution < -0.4 is 10.6 Å². The van der Waals surface area contributed by atoms with Crippen LogP contribution in [-0.2, 0) is 16.6 Å². The van der Waals surface area contributed by atoms with E-state index in [1.54, 1.807) is 27.2 Å². The third-order valence-electron chi connectivity index (χ3n) is 5.25. The molecule has 0 radical (unpaired) electrons. The van der Waals surface area contributed by atoms with Crippen molar-refractivity contribution in [1.82, 2.24) is 19.8 Å². The predicted octanol–water partition coefficient (Wildman–Crippen LogP) is 2.50. The topological polar surface area (TPSA) is 77.0 Å². The molecule has 1 aliphatic rings. The van der Waals surface area contributed by atoms with Crippen molar-refractivity contribution in [2.75, 3.05) is 40.8 Å². The zero-order valence-electron chi connectivity index (χ0n) is 17.8. The molecule has 0 spiro atoms. The van der Waals surface area contributed by atoms with E-state index in [-0.39, 0.29) is 0 Å². The van der Waals surface area contributed by atoms with Gasteiger partial charge in [0.15, 0.2) is 5.96 Å². The first kappa shape index (κ1) is 22.7. The maximum Gasteiger partial charge on any atom is 0.252 e. The van der Waals surface area contributed by atoms with Crippen molar-refractivity contribution in [3.05, 3.63) is 52.9 Å². The molecule has 30 heavy (non-hydrogen) atoms. The van der Waals surface area contributed by atoms with Crippen molar-refractivity contribution in [3.8, 4) is 0 Å². The van der Waals surface area contributed by atoms with E-state index in [1.807, 2.05) is 12.1 Å². The van der Waals surface area contributed by atoms with Crippen LogP contribution >= 0.6 is 11.3 Å². The lowest BCUT2D eigenvalue weighted by molar-refractivity contribution is 0.245. The molecule has 0 amide bonds. The van der Waals surface area contributed by atoms with Gasteiger partial charge in [0.05, 0.1) is 12.6 Å². The summed E-state index contributed by atoms with van der Waals surface area (Å²) in [5, 5.41) is 6.75. The van der Waals surface area contributed by atoms with Crippen molar-refractivity contribution in [1.29, 1.82) is 0 Å². The van der Waals surface area contributed by atoms with Gasteiger partial charge in [-0.3, -0.25) is 9.89 Å². The van der Waals surface area contributed by atoms with Gasteiger partial charge in [-0.1, -0.05) is 30.3 Å². The van der Waals surface area contributed by atoms with E-state index in [9.17, 15) is 8.42 Å². The van der Waals surface area contributed by atoms with Crippen LogP contribution in [0.5, 0.6) is 0 Å². The van der Waals surface area contributed by atoms with Crippen molar-refractivity contribution in [2.24, 2.45) is 4.99 Å². The Morgan fingerprint density at radius 3 is 2.47 bits per heavy atom. The molecule has 9 heteroatoms. The normalized spacial score (nSPS) is 16.7. The molecule has 1 atom stereocenters. The molecule has 1 fully saturated rings. The number of guanidine groups is 1. The standard InChI is InChI=1S/C21H31N5O2S2/c1-22-21(23-15-18-11-12-20(29-18)30(27,28)25(2)3)24-16-19(26-13-7-8-14-26)17-9-5-4-6-10-17/h4-6,9-12,19H,7-8,13-16H2,1-3H3,(H2,22,23,24). The van der Waals surface area contributed by atoms with Crippen LogP contribution in [0.1, 0.15) is 29.3 Å². The second-order valence-corrected chi connectivity index (χ2v) is 11.0. The van der Waals surface area contributed by atoms with Gasteiger partial charge < -0.3 is 10.6 Å². The van der Waals surface area contributed by atoms with Gasteiger partial charge >= 0.3 is 0 Å². The number of thiophene rings is 1. The highest BCUT2D eigenvalue weighted by atomic mass is 32.2. The van der Waals surface area contributed by atoms with Crippen molar-refractivity contribution < 1.29 is 8.42 Å². The molecule has 2 heterocycles. The van der Waals surface area contributed by atoms with E-state index in [0.29, 0.717) is 22.8 Å². The van der Waals surface area contributed by atoms with Crippen LogP contribution in [-0.4, -0.2) is 64.4 Å². The Bertz CT molecular complexity index is 935. The molecule has 164 valence electrons. The van der Waals surface area contributed by atoms with Gasteiger partial charge in [-0.2, -0.15) is 0 Å². The van der Waals surface area contributed by atoms with Crippen molar-refractivity contribution in [2.45, 2.75) is 29.6 Å². The Morgan fingerprint density at radius 2 is 1.83 bits per heavy atom. The van der Waals surface area contributed by atoms with Crippen molar-refractivity contribution >= 4 is 27.3 Å². The van der Waals surface area contributed by atoms with Crippen LogP contribution in [0.25, 0.3) is 0 Å². The lowest BCUT2D eigenvalue weighted by Crippen LogP contribution is -2.42. The zero-order chi connectivity index (χ0) is 21.6. The fourth-order valence-electron chi connectivity index (χ4n) is 3.54. The molecule has 3 rings (SSSR count). The molecule has 1 aromatic carbocycles. The molecule has 2 aromatic rings. The van der Waals surface area contributed by atoms with Crippen LogP contribution in [0.4, 0.5) is 0 Å². The second kappa shape index (κ2) is 10.4. The molecule has 0 bridgehead atoms. The van der Waals surface area contributed by atoms with Gasteiger partial charge in [-0.15, -0.1) is 11.3 Å². The van der Waals surface area contributed by atoms with Gasteiger partial charge in [0.1, 0.15) is 4.21 Å². The molecule has 0 aliphatic carbocycles. The number of nitrogens with zero attached hydrogens (tertiary/aromatic N) is 3. The lowest BCUT2D eigenvalue weighted by Gasteiger charge is -2.28. The average Bonchev–Trinajstić information content (AvgIpc) is 3.44. The predicted molar refractivity (Wildman–Crippen MR) is 123 cm³/mol. The number of hydrogen-bond acceptors (Lipinski definition) is 5. The van der Waals surface area contributed by atoms with Gasteiger partial charge in [0, 0.05) is 32.6 Å². The molecule has 1 aromatic heterocycles. The summed E-state index contributed by atoms with van der Waals surface area (Å²) in [5.74, 6) is 0.709. The largest absolute Gasteiger partial charge is 0.354 e. The number of hydrogen-bond donors (Lipinski definition) is 2. The van der Waals surface area contributed by atoms with E-state index in [0.717, 1.165) is 24.5 Å². The maximum absolute atomic E-state index is 12.3. The molecular formula is C21H31N5O2S2. The summed E-state index contributed by atoms with van der Waals surface area (Å²) in [7, 11) is 1.45. The Labute approximate surface area is 183 Å². The van der Waals surface area contributed by atoms with Gasteiger partial charge in [0.2, 0.25) is 0 Å². The molecule has 1 aliphatic heterocycles. The summed E-state index contributed by atoms with van der Waals surface area (Å²) in [6.07, 6.45) is 2.49. The highest BCUT2D eigenvalue weighted by Gasteiger charge is 2.23. The van der Waals surface area contributed by atoms with Gasteiger partial charge in [-0.25, -0.2) is 12.7 Å². The molecule has 0 saturated carbocycles. The fourth-order valence-corrected chi connectivity index (χ4v) is 6.01. The zero-order valence-corrected chi connectivity index (χ0v) is 19.5. The number of sulfonamides is 1. The summed E-state index contributed by atoms with van der Waals surface area (Å²) in [6, 6.07) is 14.4. The van der Waals surface area contributed by atoms with E-state index in [1.165, 1.54) is 34.0 Å². The van der Waals surface area contributed by atoms with Crippen LogP contribution in [0.15, 0.2) is 51.7 Å². The van der Waals surface area contributed by atoms with Crippen LogP contribution in [0, 0.1) is 0 Å². The number of benzene rings is 1. The first-order chi connectivity index (χ1) is 14.4. The summed E-state index contributed by atoms with van der Waals surface area (Å²) in [5.41, 5.74) is 1.30. The van der Waals surface area contributed by atoms with Gasteiger partial charge in [0.25, 0.3) is 10.0 Å². The Kier molecular flexibility index (Phi) is 7.87. The second-order valence-electron chi connectivity index (χ2n) is 7.48. The summed E-state index contributed by atoms with van der Waals surface area (Å²) in [6.45, 7) is 3.51. The number of nitrogens with one attached hydrogen (secondary N) is 2. The number of aliphatic imine (C=N–C) groups is 1. The Hall–Kier alpha value is -1.94. The molecule has 1 saturated heterocycles. The maximum atomic E-state index is 12.3. The average molecular weight is 450 g/mol. The third-order valence-corrected chi connectivity index (χ3v) is 8.62. The molecule has 1 unspecified atom stereocenters. The smallest absolute Gasteiger partial charge is 0.252 e. The summed E-state index contributed by atoms with van der Waals surface area (Å²) < 4.78 is 26.1. The van der Waals surface area contributed by atoms with Crippen LogP contribution in [0.2, 0.25) is 0 Å². The first-order valence-corrected chi connectivity index (χ1v) is 12.4. The van der Waals surface area contributed by atoms with Crippen LogP contribution in [0.3, 0.4) is 0 Å². The third kappa shape index (κ3) is 5.60. The monoisotopic (exact) mass is 449 g/mol. The molecule has 7 nitrogen and oxygen atoms in total. The highest BCUT2D eigenvalue weighted by molar-refractivity contribution is 7.91. The van der Waals surface area contributed by atoms with Gasteiger partial charge in [-0.05, 0) is 43.6 Å². The minimum Gasteiger partial charge on any atom is -0.354 e. The van der Waals surface area contributed by atoms with Crippen molar-refractivity contribution in [3.63, 3.8) is 0 Å². The fraction of sp³-hybridized carbons (Fsp3) is 0.476.